The van der Waals surface area contributed by atoms with E-state index in [0.29, 0.717) is 5.56 Å². The van der Waals surface area contributed by atoms with E-state index in [-0.39, 0.29) is 5.78 Å². The molecular weight excluding hydrogens is 270 g/mol. The summed E-state index contributed by atoms with van der Waals surface area (Å²) in [5, 5.41) is 0. The molecule has 0 spiro atoms. The summed E-state index contributed by atoms with van der Waals surface area (Å²) in [7, 11) is 0. The number of ketones is 1. The summed E-state index contributed by atoms with van der Waals surface area (Å²) in [5.74, 6) is 0.0706. The minimum atomic E-state index is 0.0706. The predicted molar refractivity (Wildman–Crippen MR) is 96.4 cm³/mol. The van der Waals surface area contributed by atoms with E-state index in [0.717, 1.165) is 24.1 Å². The topological polar surface area (TPSA) is 30.0 Å². The molecule has 0 saturated heterocycles. The molecule has 0 aliphatic heterocycles. The Morgan fingerprint density at radius 3 is 2.09 bits per heavy atom. The van der Waals surface area contributed by atoms with Crippen LogP contribution in [-0.4, -0.2) is 10.8 Å². The summed E-state index contributed by atoms with van der Waals surface area (Å²) in [6, 6.07) is 12.0. The Kier molecular flexibility index (Phi) is 10.6. The van der Waals surface area contributed by atoms with Crippen molar-refractivity contribution in [3.8, 4) is 11.3 Å². The van der Waals surface area contributed by atoms with Gasteiger partial charge in [0.25, 0.3) is 0 Å². The third kappa shape index (κ3) is 6.21. The zero-order valence-electron chi connectivity index (χ0n) is 14.8. The van der Waals surface area contributed by atoms with Gasteiger partial charge in [-0.2, -0.15) is 0 Å². The van der Waals surface area contributed by atoms with E-state index < -0.39 is 0 Å². The largest absolute Gasteiger partial charge is 0.295 e. The van der Waals surface area contributed by atoms with Gasteiger partial charge in [0.1, 0.15) is 0 Å². The third-order valence-corrected chi connectivity index (χ3v) is 2.95. The Labute approximate surface area is 135 Å². The molecule has 0 bridgehead atoms. The summed E-state index contributed by atoms with van der Waals surface area (Å²) >= 11 is 0. The summed E-state index contributed by atoms with van der Waals surface area (Å²) < 4.78 is 0. The summed E-state index contributed by atoms with van der Waals surface area (Å²) in [6.45, 7) is 11.7. The lowest BCUT2D eigenvalue weighted by molar-refractivity contribution is 0.101. The van der Waals surface area contributed by atoms with Crippen molar-refractivity contribution in [2.45, 2.75) is 54.4 Å². The van der Waals surface area contributed by atoms with E-state index in [1.54, 1.807) is 19.2 Å². The second-order valence-corrected chi connectivity index (χ2v) is 4.43. The highest BCUT2D eigenvalue weighted by Crippen LogP contribution is 2.19. The molecule has 2 rings (SSSR count). The van der Waals surface area contributed by atoms with E-state index in [1.165, 1.54) is 5.56 Å². The maximum Gasteiger partial charge on any atom is 0.159 e. The van der Waals surface area contributed by atoms with Gasteiger partial charge in [-0.1, -0.05) is 65.3 Å². The lowest BCUT2D eigenvalue weighted by Crippen LogP contribution is -1.94. The van der Waals surface area contributed by atoms with E-state index in [4.69, 9.17) is 0 Å². The lowest BCUT2D eigenvalue weighted by atomic mass is 10.0. The molecule has 2 nitrogen and oxygen atoms in total. The van der Waals surface area contributed by atoms with Crippen LogP contribution in [0, 0.1) is 0 Å². The van der Waals surface area contributed by atoms with Crippen molar-refractivity contribution < 1.29 is 4.79 Å². The van der Waals surface area contributed by atoms with Gasteiger partial charge in [-0.25, -0.2) is 0 Å². The fraction of sp³-hybridized carbons (Fsp3) is 0.400. The van der Waals surface area contributed by atoms with Crippen LogP contribution in [0.2, 0.25) is 0 Å². The van der Waals surface area contributed by atoms with Crippen molar-refractivity contribution in [1.29, 1.82) is 0 Å². The highest BCUT2D eigenvalue weighted by atomic mass is 16.1. The number of pyridine rings is 1. The first kappa shape index (κ1) is 20.0. The first-order chi connectivity index (χ1) is 10.7. The molecule has 120 valence electrons. The Hall–Kier alpha value is -1.96. The van der Waals surface area contributed by atoms with Crippen LogP contribution in [-0.2, 0) is 6.42 Å². The van der Waals surface area contributed by atoms with Crippen LogP contribution in [0.5, 0.6) is 0 Å². The van der Waals surface area contributed by atoms with Gasteiger partial charge in [-0.05, 0) is 31.0 Å². The molecule has 0 aliphatic carbocycles. The van der Waals surface area contributed by atoms with Gasteiger partial charge < -0.3 is 0 Å². The molecule has 0 fully saturated rings. The van der Waals surface area contributed by atoms with Crippen LogP contribution in [0.25, 0.3) is 11.3 Å². The molecule has 0 unspecified atom stereocenters. The maximum atomic E-state index is 11.3. The van der Waals surface area contributed by atoms with Crippen molar-refractivity contribution >= 4 is 5.78 Å². The number of aromatic nitrogens is 1. The van der Waals surface area contributed by atoms with Crippen molar-refractivity contribution in [3.63, 3.8) is 0 Å². The quantitative estimate of drug-likeness (QED) is 0.652. The normalized spacial score (nSPS) is 9.00. The molecule has 1 aromatic heterocycles. The Balaban J connectivity index is 0.00000102. The van der Waals surface area contributed by atoms with Crippen LogP contribution < -0.4 is 0 Å². The van der Waals surface area contributed by atoms with E-state index >= 15 is 0 Å². The molecule has 0 aliphatic rings. The first-order valence-electron chi connectivity index (χ1n) is 8.27. The fourth-order valence-corrected chi connectivity index (χ4v) is 1.94. The van der Waals surface area contributed by atoms with Crippen LogP contribution in [0.3, 0.4) is 0 Å². The summed E-state index contributed by atoms with van der Waals surface area (Å²) in [4.78, 5) is 15.7. The highest BCUT2D eigenvalue weighted by Gasteiger charge is 2.03. The van der Waals surface area contributed by atoms with Crippen molar-refractivity contribution in [3.05, 3.63) is 53.7 Å². The molecule has 0 saturated carbocycles. The average molecular weight is 299 g/mol. The van der Waals surface area contributed by atoms with Crippen LogP contribution in [0.1, 0.15) is 63.9 Å². The second kappa shape index (κ2) is 11.7. The first-order valence-corrected chi connectivity index (χ1v) is 8.27. The number of Topliss-reactive ketones (excluding diaryl/α,β-unsaturated/α-hetero) is 1. The van der Waals surface area contributed by atoms with E-state index in [1.807, 2.05) is 33.8 Å². The second-order valence-electron chi connectivity index (χ2n) is 4.43. The molecule has 0 N–H and O–H groups in total. The molecule has 22 heavy (non-hydrogen) atoms. The van der Waals surface area contributed by atoms with Crippen molar-refractivity contribution in [2.24, 2.45) is 0 Å². The van der Waals surface area contributed by atoms with Crippen molar-refractivity contribution in [1.82, 2.24) is 4.98 Å². The van der Waals surface area contributed by atoms with E-state index in [9.17, 15) is 4.79 Å². The predicted octanol–water partition coefficient (Wildman–Crippen LogP) is 5.96. The minimum absolute atomic E-state index is 0.0706. The van der Waals surface area contributed by atoms with Gasteiger partial charge in [-0.3, -0.25) is 9.78 Å². The van der Waals surface area contributed by atoms with Crippen LogP contribution >= 0.6 is 0 Å². The van der Waals surface area contributed by atoms with Crippen molar-refractivity contribution in [2.75, 3.05) is 0 Å². The number of carbonyl (C=O) groups excluding carboxylic acids is 1. The lowest BCUT2D eigenvalue weighted by Gasteiger charge is -2.04. The molecule has 0 amide bonds. The minimum Gasteiger partial charge on any atom is -0.295 e. The Bertz CT molecular complexity index is 544. The van der Waals surface area contributed by atoms with Gasteiger partial charge in [0.15, 0.2) is 5.78 Å². The van der Waals surface area contributed by atoms with Gasteiger partial charge in [0.05, 0.1) is 5.69 Å². The number of carbonyl (C=O) groups is 1. The standard InChI is InChI=1S/C16H17NO.2C2H6/c1-3-4-13-5-7-14(8-6-13)16-11-15(12(2)18)9-10-17-16;2*1-2/h5-11H,3-4H2,1-2H3;2*1-2H3. The maximum absolute atomic E-state index is 11.3. The molecule has 2 aromatic rings. The van der Waals surface area contributed by atoms with Gasteiger partial charge in [0.2, 0.25) is 0 Å². The molecule has 0 atom stereocenters. The molecule has 0 radical (unpaired) electrons. The number of hydrogen-bond acceptors (Lipinski definition) is 2. The van der Waals surface area contributed by atoms with Crippen LogP contribution in [0.4, 0.5) is 0 Å². The number of nitrogens with zero attached hydrogens (tertiary/aromatic N) is 1. The van der Waals surface area contributed by atoms with Gasteiger partial charge in [0, 0.05) is 17.3 Å². The smallest absolute Gasteiger partial charge is 0.159 e. The molecule has 1 aromatic carbocycles. The average Bonchev–Trinajstić information content (AvgIpc) is 2.59. The molecular formula is C20H29NO. The number of benzene rings is 1. The molecule has 1 heterocycles. The summed E-state index contributed by atoms with van der Waals surface area (Å²) in [5.41, 5.74) is 3.95. The fourth-order valence-electron chi connectivity index (χ4n) is 1.94. The number of rotatable bonds is 4. The van der Waals surface area contributed by atoms with Crippen LogP contribution in [0.15, 0.2) is 42.6 Å². The Morgan fingerprint density at radius 2 is 1.59 bits per heavy atom. The van der Waals surface area contributed by atoms with Gasteiger partial charge >= 0.3 is 0 Å². The SMILES string of the molecule is CC.CC.CCCc1ccc(-c2cc(C(C)=O)ccn2)cc1. The number of hydrogen-bond donors (Lipinski definition) is 0. The number of aryl methyl sites for hydroxylation is 1. The zero-order valence-corrected chi connectivity index (χ0v) is 14.8. The highest BCUT2D eigenvalue weighted by molar-refractivity contribution is 5.94. The molecule has 2 heteroatoms. The van der Waals surface area contributed by atoms with Gasteiger partial charge in [-0.15, -0.1) is 0 Å². The zero-order chi connectivity index (χ0) is 17.0. The monoisotopic (exact) mass is 299 g/mol. The van der Waals surface area contributed by atoms with E-state index in [2.05, 4.69) is 36.2 Å². The Morgan fingerprint density at radius 1 is 1.00 bits per heavy atom. The third-order valence-electron chi connectivity index (χ3n) is 2.95. The summed E-state index contributed by atoms with van der Waals surface area (Å²) in [6.07, 6.45) is 3.94.